The second kappa shape index (κ2) is 7.82. The average Bonchev–Trinajstić information content (AvgIpc) is 3.09. The molecule has 142 valence electrons. The Labute approximate surface area is 166 Å². The minimum absolute atomic E-state index is 0.175. The highest BCUT2D eigenvalue weighted by atomic mass is 35.5. The lowest BCUT2D eigenvalue weighted by Gasteiger charge is -2.14. The summed E-state index contributed by atoms with van der Waals surface area (Å²) in [5.41, 5.74) is 2.90. The molecule has 0 spiro atoms. The van der Waals surface area contributed by atoms with Crippen LogP contribution in [0.3, 0.4) is 0 Å². The van der Waals surface area contributed by atoms with Gasteiger partial charge < -0.3 is 10.6 Å². The topological polar surface area (TPSA) is 88.9 Å². The van der Waals surface area contributed by atoms with Gasteiger partial charge in [0.1, 0.15) is 6.04 Å². The van der Waals surface area contributed by atoms with Gasteiger partial charge in [0.05, 0.1) is 12.7 Å². The number of aromatic nitrogens is 3. The Morgan fingerprint density at radius 3 is 2.89 bits per heavy atom. The van der Waals surface area contributed by atoms with E-state index in [4.69, 9.17) is 11.6 Å². The van der Waals surface area contributed by atoms with Gasteiger partial charge in [-0.05, 0) is 36.1 Å². The minimum atomic E-state index is -0.655. The normalized spacial score (nSPS) is 16.0. The Morgan fingerprint density at radius 1 is 1.25 bits per heavy atom. The van der Waals surface area contributed by atoms with Crippen LogP contribution in [-0.4, -0.2) is 32.9 Å². The number of aryl methyl sites for hydroxylation is 1. The van der Waals surface area contributed by atoms with Crippen molar-refractivity contribution in [3.05, 3.63) is 76.6 Å². The molecule has 28 heavy (non-hydrogen) atoms. The van der Waals surface area contributed by atoms with Gasteiger partial charge in [0.2, 0.25) is 5.91 Å². The predicted octanol–water partition coefficient (Wildman–Crippen LogP) is 2.66. The lowest BCUT2D eigenvalue weighted by molar-refractivity contribution is -0.118. The molecule has 8 heteroatoms. The second-order valence-corrected chi connectivity index (χ2v) is 7.08. The van der Waals surface area contributed by atoms with Crippen molar-refractivity contribution in [2.75, 3.05) is 5.32 Å². The van der Waals surface area contributed by atoms with Gasteiger partial charge in [0.25, 0.3) is 5.91 Å². The Bertz CT molecular complexity index is 1020. The first-order chi connectivity index (χ1) is 13.6. The number of benzene rings is 2. The van der Waals surface area contributed by atoms with E-state index in [1.807, 2.05) is 36.4 Å². The van der Waals surface area contributed by atoms with Crippen molar-refractivity contribution in [2.24, 2.45) is 0 Å². The quantitative estimate of drug-likeness (QED) is 0.710. The highest BCUT2D eigenvalue weighted by Crippen LogP contribution is 2.25. The van der Waals surface area contributed by atoms with Crippen molar-refractivity contribution in [1.82, 2.24) is 20.3 Å². The number of halogens is 1. The zero-order chi connectivity index (χ0) is 19.5. The van der Waals surface area contributed by atoms with Crippen LogP contribution >= 0.6 is 11.6 Å². The second-order valence-electron chi connectivity index (χ2n) is 6.64. The summed E-state index contributed by atoms with van der Waals surface area (Å²) in [6.07, 6.45) is 2.71. The van der Waals surface area contributed by atoms with Crippen LogP contribution in [0, 0.1) is 0 Å². The van der Waals surface area contributed by atoms with E-state index < -0.39 is 11.9 Å². The van der Waals surface area contributed by atoms with Crippen molar-refractivity contribution in [2.45, 2.75) is 25.4 Å². The van der Waals surface area contributed by atoms with Crippen LogP contribution in [0.5, 0.6) is 0 Å². The SMILES string of the molecule is O=C(NC1CCc2ccc(Cl)cc2NC1=O)c1cn(Cc2ccccc2)nn1. The van der Waals surface area contributed by atoms with Crippen LogP contribution in [0.4, 0.5) is 5.69 Å². The molecular formula is C20H18ClN5O2. The molecule has 1 unspecified atom stereocenters. The molecule has 0 saturated heterocycles. The van der Waals surface area contributed by atoms with E-state index in [2.05, 4.69) is 20.9 Å². The summed E-state index contributed by atoms with van der Waals surface area (Å²) in [5.74, 6) is -0.700. The van der Waals surface area contributed by atoms with Crippen LogP contribution in [0.15, 0.2) is 54.7 Å². The van der Waals surface area contributed by atoms with Gasteiger partial charge in [-0.15, -0.1) is 5.10 Å². The summed E-state index contributed by atoms with van der Waals surface area (Å²) >= 11 is 6.00. The third-order valence-corrected chi connectivity index (χ3v) is 4.85. The zero-order valence-electron chi connectivity index (χ0n) is 14.9. The van der Waals surface area contributed by atoms with Gasteiger partial charge in [-0.1, -0.05) is 53.2 Å². The van der Waals surface area contributed by atoms with Crippen LogP contribution in [0.1, 0.15) is 28.0 Å². The average molecular weight is 396 g/mol. The number of hydrogen-bond donors (Lipinski definition) is 2. The lowest BCUT2D eigenvalue weighted by atomic mass is 10.1. The first-order valence-electron chi connectivity index (χ1n) is 8.93. The summed E-state index contributed by atoms with van der Waals surface area (Å²) in [7, 11) is 0. The first-order valence-corrected chi connectivity index (χ1v) is 9.30. The van der Waals surface area contributed by atoms with E-state index >= 15 is 0 Å². The number of nitrogens with zero attached hydrogens (tertiary/aromatic N) is 3. The molecule has 0 bridgehead atoms. The Kier molecular flexibility index (Phi) is 5.08. The van der Waals surface area contributed by atoms with Gasteiger partial charge in [-0.3, -0.25) is 9.59 Å². The highest BCUT2D eigenvalue weighted by Gasteiger charge is 2.26. The molecule has 2 N–H and O–H groups in total. The molecule has 0 aliphatic carbocycles. The molecule has 4 rings (SSSR count). The predicted molar refractivity (Wildman–Crippen MR) is 105 cm³/mol. The van der Waals surface area contributed by atoms with Gasteiger partial charge in [0.15, 0.2) is 5.69 Å². The van der Waals surface area contributed by atoms with Crippen molar-refractivity contribution >= 4 is 29.1 Å². The van der Waals surface area contributed by atoms with E-state index in [-0.39, 0.29) is 11.6 Å². The van der Waals surface area contributed by atoms with Gasteiger partial charge >= 0.3 is 0 Å². The summed E-state index contributed by atoms with van der Waals surface area (Å²) in [4.78, 5) is 25.0. The Balaban J connectivity index is 1.42. The minimum Gasteiger partial charge on any atom is -0.339 e. The largest absolute Gasteiger partial charge is 0.339 e. The molecule has 2 heterocycles. The maximum absolute atomic E-state index is 12.5. The summed E-state index contributed by atoms with van der Waals surface area (Å²) in [6, 6.07) is 14.5. The number of hydrogen-bond acceptors (Lipinski definition) is 4. The maximum atomic E-state index is 12.5. The maximum Gasteiger partial charge on any atom is 0.274 e. The smallest absolute Gasteiger partial charge is 0.274 e. The third kappa shape index (κ3) is 4.04. The van der Waals surface area contributed by atoms with E-state index in [0.717, 1.165) is 11.1 Å². The van der Waals surface area contributed by atoms with E-state index in [1.165, 1.54) is 0 Å². The summed E-state index contributed by atoms with van der Waals surface area (Å²) in [5, 5.41) is 14.1. The van der Waals surface area contributed by atoms with Crippen molar-refractivity contribution in [1.29, 1.82) is 0 Å². The molecule has 1 aliphatic heterocycles. The van der Waals surface area contributed by atoms with Crippen LogP contribution in [0.25, 0.3) is 0 Å². The fourth-order valence-electron chi connectivity index (χ4n) is 3.15. The summed E-state index contributed by atoms with van der Waals surface area (Å²) in [6.45, 7) is 0.515. The fourth-order valence-corrected chi connectivity index (χ4v) is 3.33. The van der Waals surface area contributed by atoms with Crippen LogP contribution in [0.2, 0.25) is 5.02 Å². The zero-order valence-corrected chi connectivity index (χ0v) is 15.7. The van der Waals surface area contributed by atoms with Gasteiger partial charge in [-0.25, -0.2) is 4.68 Å². The highest BCUT2D eigenvalue weighted by molar-refractivity contribution is 6.31. The third-order valence-electron chi connectivity index (χ3n) is 4.61. The van der Waals surface area contributed by atoms with Crippen molar-refractivity contribution in [3.63, 3.8) is 0 Å². The number of fused-ring (bicyclic) bond motifs is 1. The number of anilines is 1. The first kappa shape index (κ1) is 18.2. The summed E-state index contributed by atoms with van der Waals surface area (Å²) < 4.78 is 1.59. The van der Waals surface area contributed by atoms with Gasteiger partial charge in [0, 0.05) is 10.7 Å². The fraction of sp³-hybridized carbons (Fsp3) is 0.200. The molecule has 1 aromatic heterocycles. The van der Waals surface area contributed by atoms with E-state index in [0.29, 0.717) is 30.1 Å². The monoisotopic (exact) mass is 395 g/mol. The molecule has 7 nitrogen and oxygen atoms in total. The molecule has 0 radical (unpaired) electrons. The molecule has 0 fully saturated rings. The van der Waals surface area contributed by atoms with Crippen molar-refractivity contribution < 1.29 is 9.59 Å². The Morgan fingerprint density at radius 2 is 2.07 bits per heavy atom. The number of amides is 2. The van der Waals surface area contributed by atoms with E-state index in [9.17, 15) is 9.59 Å². The molecule has 1 aliphatic rings. The molecule has 1 atom stereocenters. The van der Waals surface area contributed by atoms with Crippen LogP contribution < -0.4 is 10.6 Å². The van der Waals surface area contributed by atoms with E-state index in [1.54, 1.807) is 23.0 Å². The standard InChI is InChI=1S/C20H18ClN5O2/c21-15-8-6-14-7-9-16(19(27)23-17(14)10-15)22-20(28)18-12-26(25-24-18)11-13-4-2-1-3-5-13/h1-6,8,10,12,16H,7,9,11H2,(H,22,28)(H,23,27). The number of carbonyl (C=O) groups excluding carboxylic acids is 2. The number of nitrogens with one attached hydrogen (secondary N) is 2. The molecular weight excluding hydrogens is 378 g/mol. The lowest BCUT2D eigenvalue weighted by Crippen LogP contribution is -2.43. The molecule has 0 saturated carbocycles. The number of rotatable bonds is 4. The number of carbonyl (C=O) groups is 2. The molecule has 2 aromatic carbocycles. The molecule has 3 aromatic rings. The van der Waals surface area contributed by atoms with Crippen LogP contribution in [-0.2, 0) is 17.8 Å². The Hall–Kier alpha value is -3.19. The van der Waals surface area contributed by atoms with Crippen molar-refractivity contribution in [3.8, 4) is 0 Å². The van der Waals surface area contributed by atoms with Gasteiger partial charge in [-0.2, -0.15) is 0 Å². The molecule has 2 amide bonds.